The van der Waals surface area contributed by atoms with Gasteiger partial charge in [0.1, 0.15) is 22.8 Å². The minimum atomic E-state index is -0.794. The average Bonchev–Trinajstić information content (AvgIpc) is 3.50. The fourth-order valence-corrected chi connectivity index (χ4v) is 5.03. The van der Waals surface area contributed by atoms with E-state index >= 15 is 0 Å². The van der Waals surface area contributed by atoms with Crippen LogP contribution in [-0.2, 0) is 16.1 Å². The van der Waals surface area contributed by atoms with E-state index in [0.29, 0.717) is 23.0 Å². The van der Waals surface area contributed by atoms with E-state index in [1.807, 2.05) is 17.5 Å². The molecule has 1 aliphatic heterocycles. The number of likely N-dealkylation sites (tertiary alicyclic amines) is 1. The number of ketones is 1. The second-order valence-corrected chi connectivity index (χ2v) is 8.65. The summed E-state index contributed by atoms with van der Waals surface area (Å²) in [7, 11) is 5.98. The van der Waals surface area contributed by atoms with Crippen molar-refractivity contribution in [2.24, 2.45) is 0 Å². The van der Waals surface area contributed by atoms with E-state index in [4.69, 9.17) is 18.9 Å². The van der Waals surface area contributed by atoms with Crippen molar-refractivity contribution in [3.8, 4) is 23.0 Å². The molecule has 8 nitrogen and oxygen atoms in total. The van der Waals surface area contributed by atoms with Crippen molar-refractivity contribution in [3.63, 3.8) is 0 Å². The van der Waals surface area contributed by atoms with Gasteiger partial charge in [-0.05, 0) is 41.3 Å². The summed E-state index contributed by atoms with van der Waals surface area (Å²) in [6.45, 7) is 0.118. The number of ether oxygens (including phenoxy) is 4. The Balaban J connectivity index is 1.86. The molecule has 182 valence electrons. The number of hydrogen-bond acceptors (Lipinski definition) is 8. The average molecular weight is 496 g/mol. The van der Waals surface area contributed by atoms with Crippen LogP contribution in [0.2, 0.25) is 0 Å². The number of methoxy groups -OCH3 is 4. The third kappa shape index (κ3) is 4.30. The largest absolute Gasteiger partial charge is 0.506 e. The number of carbonyl (C=O) groups excluding carboxylic acids is 2. The lowest BCUT2D eigenvalue weighted by Gasteiger charge is -2.25. The zero-order valence-corrected chi connectivity index (χ0v) is 20.5. The predicted octanol–water partition coefficient (Wildman–Crippen LogP) is 4.40. The zero-order valence-electron chi connectivity index (χ0n) is 19.7. The Labute approximate surface area is 206 Å². The van der Waals surface area contributed by atoms with Crippen LogP contribution in [0.1, 0.15) is 22.0 Å². The molecule has 1 atom stereocenters. The van der Waals surface area contributed by atoms with Crippen LogP contribution in [0.3, 0.4) is 0 Å². The Morgan fingerprint density at radius 2 is 1.54 bits per heavy atom. The maximum absolute atomic E-state index is 13.3. The van der Waals surface area contributed by atoms with E-state index in [2.05, 4.69) is 0 Å². The highest BCUT2D eigenvalue weighted by atomic mass is 32.1. The van der Waals surface area contributed by atoms with Gasteiger partial charge in [-0.2, -0.15) is 0 Å². The third-order valence-electron chi connectivity index (χ3n) is 5.82. The van der Waals surface area contributed by atoms with Crippen LogP contribution in [-0.4, -0.2) is 50.1 Å². The van der Waals surface area contributed by atoms with E-state index in [9.17, 15) is 14.7 Å². The summed E-state index contributed by atoms with van der Waals surface area (Å²) in [5.41, 5.74) is 0.921. The molecule has 1 fully saturated rings. The Hall–Kier alpha value is -3.98. The minimum absolute atomic E-state index is 0.0271. The lowest BCUT2D eigenvalue weighted by Crippen LogP contribution is -2.28. The number of hydrogen-bond donors (Lipinski definition) is 1. The molecular formula is C26H25NO7S. The summed E-state index contributed by atoms with van der Waals surface area (Å²) in [6.07, 6.45) is 0. The van der Waals surface area contributed by atoms with Crippen LogP contribution in [0, 0.1) is 0 Å². The van der Waals surface area contributed by atoms with Crippen molar-refractivity contribution < 1.29 is 33.6 Å². The summed E-state index contributed by atoms with van der Waals surface area (Å²) >= 11 is 1.39. The molecule has 2 aromatic carbocycles. The molecule has 0 bridgehead atoms. The monoisotopic (exact) mass is 495 g/mol. The van der Waals surface area contributed by atoms with E-state index in [-0.39, 0.29) is 23.4 Å². The summed E-state index contributed by atoms with van der Waals surface area (Å²) < 4.78 is 21.5. The van der Waals surface area contributed by atoms with Crippen molar-refractivity contribution in [2.75, 3.05) is 28.4 Å². The van der Waals surface area contributed by atoms with Gasteiger partial charge in [-0.15, -0.1) is 11.3 Å². The summed E-state index contributed by atoms with van der Waals surface area (Å²) in [5, 5.41) is 13.3. The van der Waals surface area contributed by atoms with Crippen molar-refractivity contribution >= 4 is 28.8 Å². The number of amides is 1. The maximum Gasteiger partial charge on any atom is 0.295 e. The first-order chi connectivity index (χ1) is 16.9. The standard InChI is InChI=1S/C26H25NO7S/c1-31-16-11-10-15(13-19(16)34-4)14-27-23(20-9-6-12-35-20)22(25(29)26(27)30)24(28)21-17(32-2)7-5-8-18(21)33-3/h5-13,23,28H,14H2,1-4H3/b24-22+. The van der Waals surface area contributed by atoms with Crippen molar-refractivity contribution in [3.05, 3.63) is 75.5 Å². The molecule has 9 heteroatoms. The molecule has 0 aliphatic carbocycles. The quantitative estimate of drug-likeness (QED) is 0.281. The number of Topliss-reactive ketones (excluding diaryl/α,β-unsaturated/α-hetero) is 1. The second-order valence-electron chi connectivity index (χ2n) is 7.67. The summed E-state index contributed by atoms with van der Waals surface area (Å²) in [5.74, 6) is -0.158. The highest BCUT2D eigenvalue weighted by molar-refractivity contribution is 7.10. The number of aliphatic hydroxyl groups excluding tert-OH is 1. The van der Waals surface area contributed by atoms with Gasteiger partial charge >= 0.3 is 0 Å². The predicted molar refractivity (Wildman–Crippen MR) is 131 cm³/mol. The molecule has 35 heavy (non-hydrogen) atoms. The first-order valence-corrected chi connectivity index (χ1v) is 11.6. The van der Waals surface area contributed by atoms with Gasteiger partial charge in [-0.1, -0.05) is 18.2 Å². The lowest BCUT2D eigenvalue weighted by atomic mass is 9.98. The van der Waals surface area contributed by atoms with Gasteiger partial charge in [0.2, 0.25) is 0 Å². The Kier molecular flexibility index (Phi) is 6.97. The molecule has 2 heterocycles. The number of carbonyl (C=O) groups is 2. The van der Waals surface area contributed by atoms with Gasteiger partial charge < -0.3 is 29.0 Å². The normalized spacial score (nSPS) is 16.9. The molecule has 1 aromatic heterocycles. The van der Waals surface area contributed by atoms with Crippen LogP contribution >= 0.6 is 11.3 Å². The topological polar surface area (TPSA) is 94.5 Å². The van der Waals surface area contributed by atoms with Gasteiger partial charge in [-0.25, -0.2) is 0 Å². The number of aliphatic hydroxyl groups is 1. The molecule has 1 amide bonds. The molecule has 3 aromatic rings. The molecule has 1 saturated heterocycles. The van der Waals surface area contributed by atoms with E-state index in [1.165, 1.54) is 37.6 Å². The SMILES string of the molecule is COc1ccc(CN2C(=O)C(=O)/C(=C(/O)c3c(OC)cccc3OC)C2c2cccs2)cc1OC. The molecule has 0 radical (unpaired) electrons. The smallest absolute Gasteiger partial charge is 0.295 e. The van der Waals surface area contributed by atoms with Gasteiger partial charge in [-0.3, -0.25) is 9.59 Å². The van der Waals surface area contributed by atoms with Gasteiger partial charge in [0.05, 0.1) is 40.1 Å². The van der Waals surface area contributed by atoms with Crippen LogP contribution in [0.5, 0.6) is 23.0 Å². The molecule has 0 spiro atoms. The number of nitrogens with zero attached hydrogens (tertiary/aromatic N) is 1. The highest BCUT2D eigenvalue weighted by Crippen LogP contribution is 2.45. The molecule has 1 aliphatic rings. The fourth-order valence-electron chi connectivity index (χ4n) is 4.18. The first-order valence-electron chi connectivity index (χ1n) is 10.7. The van der Waals surface area contributed by atoms with Crippen LogP contribution in [0.4, 0.5) is 0 Å². The molecule has 4 rings (SSSR count). The van der Waals surface area contributed by atoms with E-state index in [1.54, 1.807) is 43.5 Å². The Morgan fingerprint density at radius 1 is 0.886 bits per heavy atom. The van der Waals surface area contributed by atoms with E-state index < -0.39 is 17.7 Å². The minimum Gasteiger partial charge on any atom is -0.506 e. The van der Waals surface area contributed by atoms with Gasteiger partial charge in [0.25, 0.3) is 11.7 Å². The molecule has 1 unspecified atom stereocenters. The maximum atomic E-state index is 13.3. The van der Waals surface area contributed by atoms with Crippen molar-refractivity contribution in [2.45, 2.75) is 12.6 Å². The third-order valence-corrected chi connectivity index (χ3v) is 6.74. The lowest BCUT2D eigenvalue weighted by molar-refractivity contribution is -0.140. The molecular weight excluding hydrogens is 470 g/mol. The first kappa shape index (κ1) is 24.2. The molecule has 0 saturated carbocycles. The highest BCUT2D eigenvalue weighted by Gasteiger charge is 2.47. The summed E-state index contributed by atoms with van der Waals surface area (Å²) in [4.78, 5) is 28.8. The van der Waals surface area contributed by atoms with Crippen molar-refractivity contribution in [1.29, 1.82) is 0 Å². The van der Waals surface area contributed by atoms with Crippen LogP contribution in [0.15, 0.2) is 59.5 Å². The van der Waals surface area contributed by atoms with Crippen molar-refractivity contribution in [1.82, 2.24) is 4.90 Å². The number of benzene rings is 2. The fraction of sp³-hybridized carbons (Fsp3) is 0.231. The Bertz CT molecular complexity index is 1260. The summed E-state index contributed by atoms with van der Waals surface area (Å²) in [6, 6.07) is 13.2. The van der Waals surface area contributed by atoms with Crippen LogP contribution in [0.25, 0.3) is 5.76 Å². The number of thiophene rings is 1. The Morgan fingerprint density at radius 3 is 2.11 bits per heavy atom. The van der Waals surface area contributed by atoms with Crippen LogP contribution < -0.4 is 18.9 Å². The van der Waals surface area contributed by atoms with Gasteiger partial charge in [0.15, 0.2) is 11.5 Å². The second kappa shape index (κ2) is 10.1. The van der Waals surface area contributed by atoms with Gasteiger partial charge in [0, 0.05) is 11.4 Å². The zero-order chi connectivity index (χ0) is 25.1. The van der Waals surface area contributed by atoms with E-state index in [0.717, 1.165) is 10.4 Å². The number of rotatable bonds is 8. The molecule has 1 N–H and O–H groups in total.